The van der Waals surface area contributed by atoms with Crippen molar-refractivity contribution in [3.8, 4) is 11.1 Å². The Morgan fingerprint density at radius 2 is 1.56 bits per heavy atom. The van der Waals surface area contributed by atoms with E-state index in [1.54, 1.807) is 12.1 Å². The highest BCUT2D eigenvalue weighted by Gasteiger charge is 2.25. The van der Waals surface area contributed by atoms with Crippen LogP contribution in [0.25, 0.3) is 11.1 Å². The molecule has 0 amide bonds. The van der Waals surface area contributed by atoms with Crippen LogP contribution in [-0.4, -0.2) is 36.9 Å². The summed E-state index contributed by atoms with van der Waals surface area (Å²) in [5.74, 6) is -2.15. The van der Waals surface area contributed by atoms with E-state index >= 15 is 0 Å². The molecule has 3 rings (SSSR count). The highest BCUT2D eigenvalue weighted by atomic mass is 32.2. The molecule has 1 saturated heterocycles. The minimum atomic E-state index is -3.51. The number of carboxylic acids is 1. The molecule has 2 aromatic rings. The van der Waals surface area contributed by atoms with Crippen molar-refractivity contribution in [1.29, 1.82) is 0 Å². The van der Waals surface area contributed by atoms with E-state index < -0.39 is 27.4 Å². The fourth-order valence-electron chi connectivity index (χ4n) is 2.94. The Morgan fingerprint density at radius 3 is 2.16 bits per heavy atom. The molecule has 1 aliphatic rings. The zero-order valence-electron chi connectivity index (χ0n) is 13.5. The van der Waals surface area contributed by atoms with Crippen molar-refractivity contribution in [2.24, 2.45) is 0 Å². The van der Waals surface area contributed by atoms with Crippen molar-refractivity contribution in [1.82, 2.24) is 4.31 Å². The predicted molar refractivity (Wildman–Crippen MR) is 91.4 cm³/mol. The SMILES string of the molecule is O=C(O)c1cc(-c2ccc(S(=O)(=O)N3CCCCC3)cc2)ccc1F. The van der Waals surface area contributed by atoms with E-state index in [1.165, 1.54) is 28.6 Å². The van der Waals surface area contributed by atoms with E-state index in [9.17, 15) is 17.6 Å². The second-order valence-corrected chi connectivity index (χ2v) is 7.93. The summed E-state index contributed by atoms with van der Waals surface area (Å²) in [4.78, 5) is 11.2. The van der Waals surface area contributed by atoms with Gasteiger partial charge in [0.1, 0.15) is 5.82 Å². The number of rotatable bonds is 4. The molecular formula is C18H18FNO4S. The first-order chi connectivity index (χ1) is 11.9. The minimum absolute atomic E-state index is 0.207. The van der Waals surface area contributed by atoms with Gasteiger partial charge in [-0.3, -0.25) is 0 Å². The number of benzene rings is 2. The molecule has 1 N–H and O–H groups in total. The summed E-state index contributed by atoms with van der Waals surface area (Å²) in [5.41, 5.74) is 0.725. The molecule has 0 spiro atoms. The number of halogens is 1. The third-order valence-corrected chi connectivity index (χ3v) is 6.25. The number of hydrogen-bond acceptors (Lipinski definition) is 3. The Balaban J connectivity index is 1.90. The van der Waals surface area contributed by atoms with Gasteiger partial charge in [0, 0.05) is 13.1 Å². The molecule has 0 unspecified atom stereocenters. The van der Waals surface area contributed by atoms with Gasteiger partial charge >= 0.3 is 5.97 Å². The molecule has 0 bridgehead atoms. The van der Waals surface area contributed by atoms with Crippen molar-refractivity contribution in [3.63, 3.8) is 0 Å². The monoisotopic (exact) mass is 363 g/mol. The van der Waals surface area contributed by atoms with Crippen LogP contribution >= 0.6 is 0 Å². The lowest BCUT2D eigenvalue weighted by Crippen LogP contribution is -2.35. The Morgan fingerprint density at radius 1 is 0.960 bits per heavy atom. The molecule has 25 heavy (non-hydrogen) atoms. The van der Waals surface area contributed by atoms with E-state index in [2.05, 4.69) is 0 Å². The van der Waals surface area contributed by atoms with Crippen LogP contribution < -0.4 is 0 Å². The third kappa shape index (κ3) is 3.57. The zero-order valence-corrected chi connectivity index (χ0v) is 14.3. The van der Waals surface area contributed by atoms with Crippen molar-refractivity contribution in [2.75, 3.05) is 13.1 Å². The van der Waals surface area contributed by atoms with Crippen LogP contribution in [0.2, 0.25) is 0 Å². The molecule has 0 radical (unpaired) electrons. The summed E-state index contributed by atoms with van der Waals surface area (Å²) in [6.07, 6.45) is 2.77. The fourth-order valence-corrected chi connectivity index (χ4v) is 4.46. The van der Waals surface area contributed by atoms with Crippen molar-refractivity contribution in [3.05, 3.63) is 53.8 Å². The first-order valence-corrected chi connectivity index (χ1v) is 9.47. The van der Waals surface area contributed by atoms with E-state index in [4.69, 9.17) is 5.11 Å². The average Bonchev–Trinajstić information content (AvgIpc) is 2.63. The highest BCUT2D eigenvalue weighted by Crippen LogP contribution is 2.26. The maximum absolute atomic E-state index is 13.5. The molecule has 2 aromatic carbocycles. The third-order valence-electron chi connectivity index (χ3n) is 4.34. The number of sulfonamides is 1. The van der Waals surface area contributed by atoms with Crippen molar-refractivity contribution >= 4 is 16.0 Å². The molecule has 1 aliphatic heterocycles. The number of hydrogen-bond donors (Lipinski definition) is 1. The summed E-state index contributed by atoms with van der Waals surface area (Å²) in [6.45, 7) is 1.06. The summed E-state index contributed by atoms with van der Waals surface area (Å²) in [6, 6.07) is 10.0. The predicted octanol–water partition coefficient (Wildman–Crippen LogP) is 3.37. The van der Waals surface area contributed by atoms with Crippen molar-refractivity contribution in [2.45, 2.75) is 24.2 Å². The number of carbonyl (C=O) groups is 1. The van der Waals surface area contributed by atoms with Gasteiger partial charge in [0.25, 0.3) is 0 Å². The summed E-state index contributed by atoms with van der Waals surface area (Å²) >= 11 is 0. The van der Waals surface area contributed by atoms with E-state index in [1.807, 2.05) is 0 Å². The topological polar surface area (TPSA) is 74.7 Å². The first-order valence-electron chi connectivity index (χ1n) is 8.03. The molecule has 0 aromatic heterocycles. The Bertz CT molecular complexity index is 888. The van der Waals surface area contributed by atoms with Crippen LogP contribution in [0.5, 0.6) is 0 Å². The van der Waals surface area contributed by atoms with Gasteiger partial charge in [-0.2, -0.15) is 4.31 Å². The Hall–Kier alpha value is -2.25. The quantitative estimate of drug-likeness (QED) is 0.904. The van der Waals surface area contributed by atoms with Crippen LogP contribution in [0.4, 0.5) is 4.39 Å². The number of nitrogens with zero attached hydrogens (tertiary/aromatic N) is 1. The second-order valence-electron chi connectivity index (χ2n) is 5.99. The maximum atomic E-state index is 13.5. The van der Waals surface area contributed by atoms with Gasteiger partial charge in [0.15, 0.2) is 0 Å². The van der Waals surface area contributed by atoms with Crippen LogP contribution in [0, 0.1) is 5.82 Å². The lowest BCUT2D eigenvalue weighted by molar-refractivity contribution is 0.0692. The average molecular weight is 363 g/mol. The fraction of sp³-hybridized carbons (Fsp3) is 0.278. The molecule has 0 aliphatic carbocycles. The molecule has 0 saturated carbocycles. The molecule has 1 heterocycles. The lowest BCUT2D eigenvalue weighted by atomic mass is 10.0. The van der Waals surface area contributed by atoms with Gasteiger partial charge in [0.05, 0.1) is 10.5 Å². The van der Waals surface area contributed by atoms with Crippen LogP contribution in [0.3, 0.4) is 0 Å². The van der Waals surface area contributed by atoms with Crippen molar-refractivity contribution < 1.29 is 22.7 Å². The smallest absolute Gasteiger partial charge is 0.338 e. The van der Waals surface area contributed by atoms with Crippen LogP contribution in [0.1, 0.15) is 29.6 Å². The molecule has 5 nitrogen and oxygen atoms in total. The number of carboxylic acid groups (broad SMARTS) is 1. The van der Waals surface area contributed by atoms with E-state index in [0.29, 0.717) is 24.2 Å². The molecule has 7 heteroatoms. The normalized spacial score (nSPS) is 15.9. The maximum Gasteiger partial charge on any atom is 0.338 e. The first kappa shape index (κ1) is 17.6. The largest absolute Gasteiger partial charge is 0.478 e. The Kier molecular flexibility index (Phi) is 4.87. The minimum Gasteiger partial charge on any atom is -0.478 e. The van der Waals surface area contributed by atoms with Gasteiger partial charge < -0.3 is 5.11 Å². The van der Waals surface area contributed by atoms with Gasteiger partial charge in [-0.1, -0.05) is 24.6 Å². The van der Waals surface area contributed by atoms with Gasteiger partial charge in [-0.15, -0.1) is 0 Å². The van der Waals surface area contributed by atoms with Gasteiger partial charge in [-0.25, -0.2) is 17.6 Å². The summed E-state index contributed by atoms with van der Waals surface area (Å²) in [7, 11) is -3.51. The lowest BCUT2D eigenvalue weighted by Gasteiger charge is -2.25. The van der Waals surface area contributed by atoms with Crippen LogP contribution in [0.15, 0.2) is 47.4 Å². The second kappa shape index (κ2) is 6.93. The number of aromatic carboxylic acids is 1. The van der Waals surface area contributed by atoms with E-state index in [0.717, 1.165) is 25.3 Å². The summed E-state index contributed by atoms with van der Waals surface area (Å²) in [5, 5.41) is 9.01. The van der Waals surface area contributed by atoms with Gasteiger partial charge in [0.2, 0.25) is 10.0 Å². The highest BCUT2D eigenvalue weighted by molar-refractivity contribution is 7.89. The van der Waals surface area contributed by atoms with Gasteiger partial charge in [-0.05, 0) is 48.2 Å². The van der Waals surface area contributed by atoms with E-state index in [-0.39, 0.29) is 4.90 Å². The molecular weight excluding hydrogens is 345 g/mol. The molecule has 1 fully saturated rings. The molecule has 132 valence electrons. The zero-order chi connectivity index (χ0) is 18.0. The standard InChI is InChI=1S/C18H18FNO4S/c19-17-9-6-14(12-16(17)18(21)22)13-4-7-15(8-5-13)25(23,24)20-10-2-1-3-11-20/h4-9,12H,1-3,10-11H2,(H,21,22). The summed E-state index contributed by atoms with van der Waals surface area (Å²) < 4.78 is 40.2. The molecule has 0 atom stereocenters. The number of piperidine rings is 1. The van der Waals surface area contributed by atoms with Crippen LogP contribution in [-0.2, 0) is 10.0 Å². The Labute approximate surface area is 145 Å².